The molecule has 0 radical (unpaired) electrons. The highest BCUT2D eigenvalue weighted by atomic mass is 19.1. The minimum atomic E-state index is -0.514. The first kappa shape index (κ1) is 16.8. The van der Waals surface area contributed by atoms with Crippen molar-refractivity contribution in [3.63, 3.8) is 0 Å². The Morgan fingerprint density at radius 1 is 1.40 bits per heavy atom. The molecule has 3 rings (SSSR count). The van der Waals surface area contributed by atoms with E-state index in [4.69, 9.17) is 9.84 Å². The Kier molecular flexibility index (Phi) is 4.90. The van der Waals surface area contributed by atoms with Gasteiger partial charge in [0.05, 0.1) is 30.1 Å². The highest BCUT2D eigenvalue weighted by molar-refractivity contribution is 5.98. The maximum Gasteiger partial charge on any atom is 0.340 e. The third-order valence-corrected chi connectivity index (χ3v) is 3.72. The molecule has 2 N–H and O–H groups in total. The van der Waals surface area contributed by atoms with E-state index < -0.39 is 11.8 Å². The second-order valence-electron chi connectivity index (χ2n) is 5.35. The molecule has 7 nitrogen and oxygen atoms in total. The molecule has 8 heteroatoms. The Morgan fingerprint density at radius 2 is 2.24 bits per heavy atom. The molecular weight excluding hydrogens is 327 g/mol. The van der Waals surface area contributed by atoms with Crippen LogP contribution in [-0.2, 0) is 11.3 Å². The lowest BCUT2D eigenvalue weighted by molar-refractivity contribution is 0.0601. The first-order valence-corrected chi connectivity index (χ1v) is 7.70. The third-order valence-electron chi connectivity index (χ3n) is 3.72. The smallest absolute Gasteiger partial charge is 0.340 e. The van der Waals surface area contributed by atoms with Crippen molar-refractivity contribution < 1.29 is 19.0 Å². The Morgan fingerprint density at radius 3 is 3.00 bits per heavy atom. The number of aryl methyl sites for hydroxylation is 1. The van der Waals surface area contributed by atoms with E-state index >= 15 is 0 Å². The Hall–Kier alpha value is -3.00. The van der Waals surface area contributed by atoms with Gasteiger partial charge in [0.1, 0.15) is 5.82 Å². The zero-order valence-electron chi connectivity index (χ0n) is 13.6. The number of rotatable bonds is 6. The minimum Gasteiger partial charge on any atom is -0.465 e. The van der Waals surface area contributed by atoms with Gasteiger partial charge in [-0.05, 0) is 30.7 Å². The van der Waals surface area contributed by atoms with Crippen LogP contribution >= 0.6 is 0 Å². The lowest BCUT2D eigenvalue weighted by Gasteiger charge is -2.08. The van der Waals surface area contributed by atoms with E-state index in [0.717, 1.165) is 5.52 Å². The Labute approximate surface area is 143 Å². The molecule has 0 aliphatic rings. The number of ether oxygens (including phenoxy) is 1. The fourth-order valence-electron chi connectivity index (χ4n) is 2.54. The fourth-order valence-corrected chi connectivity index (χ4v) is 2.54. The van der Waals surface area contributed by atoms with Crippen LogP contribution in [0.5, 0.6) is 0 Å². The van der Waals surface area contributed by atoms with Crippen molar-refractivity contribution in [2.75, 3.05) is 19.0 Å². The zero-order chi connectivity index (χ0) is 17.8. The second-order valence-corrected chi connectivity index (χ2v) is 5.35. The summed E-state index contributed by atoms with van der Waals surface area (Å²) in [6, 6.07) is 5.88. The normalized spacial score (nSPS) is 10.8. The number of carbonyl (C=O) groups is 1. The summed E-state index contributed by atoms with van der Waals surface area (Å²) in [5, 5.41) is 17.1. The van der Waals surface area contributed by atoms with Crippen LogP contribution in [0.3, 0.4) is 0 Å². The number of fused-ring (bicyclic) bond motifs is 1. The van der Waals surface area contributed by atoms with Crippen molar-refractivity contribution >= 4 is 28.4 Å². The van der Waals surface area contributed by atoms with Crippen LogP contribution in [0.2, 0.25) is 0 Å². The number of aliphatic hydroxyl groups excluding tert-OH is 1. The van der Waals surface area contributed by atoms with Crippen LogP contribution < -0.4 is 5.32 Å². The average Bonchev–Trinajstić information content (AvgIpc) is 2.96. The van der Waals surface area contributed by atoms with Crippen molar-refractivity contribution in [1.29, 1.82) is 0 Å². The van der Waals surface area contributed by atoms with Gasteiger partial charge in [-0.1, -0.05) is 0 Å². The number of nitrogens with zero attached hydrogens (tertiary/aromatic N) is 3. The van der Waals surface area contributed by atoms with E-state index in [1.165, 1.54) is 37.7 Å². The number of hydrogen-bond acceptors (Lipinski definition) is 6. The van der Waals surface area contributed by atoms with Gasteiger partial charge in [0.25, 0.3) is 0 Å². The van der Waals surface area contributed by atoms with Gasteiger partial charge >= 0.3 is 5.97 Å². The van der Waals surface area contributed by atoms with Crippen molar-refractivity contribution in [2.45, 2.75) is 13.0 Å². The van der Waals surface area contributed by atoms with Gasteiger partial charge in [0.2, 0.25) is 0 Å². The van der Waals surface area contributed by atoms with Crippen molar-refractivity contribution in [3.05, 3.63) is 48.0 Å². The number of esters is 1. The molecule has 3 aromatic rings. The van der Waals surface area contributed by atoms with Gasteiger partial charge in [0.15, 0.2) is 5.82 Å². The summed E-state index contributed by atoms with van der Waals surface area (Å²) < 4.78 is 20.1. The van der Waals surface area contributed by atoms with Gasteiger partial charge < -0.3 is 15.2 Å². The van der Waals surface area contributed by atoms with Crippen molar-refractivity contribution in [3.8, 4) is 0 Å². The molecule has 2 aromatic heterocycles. The van der Waals surface area contributed by atoms with Crippen molar-refractivity contribution in [2.24, 2.45) is 0 Å². The third kappa shape index (κ3) is 3.43. The maximum atomic E-state index is 13.7. The Bertz CT molecular complexity index is 910. The summed E-state index contributed by atoms with van der Waals surface area (Å²) in [6.07, 6.45) is 3.48. The van der Waals surface area contributed by atoms with Crippen molar-refractivity contribution in [1.82, 2.24) is 14.8 Å². The predicted molar refractivity (Wildman–Crippen MR) is 90.3 cm³/mol. The van der Waals surface area contributed by atoms with E-state index in [1.807, 2.05) is 0 Å². The molecule has 0 atom stereocenters. The van der Waals surface area contributed by atoms with E-state index in [-0.39, 0.29) is 6.61 Å². The monoisotopic (exact) mass is 344 g/mol. The average molecular weight is 344 g/mol. The number of methoxy groups -OCH3 is 1. The molecule has 0 spiro atoms. The van der Waals surface area contributed by atoms with Gasteiger partial charge in [-0.2, -0.15) is 5.10 Å². The lowest BCUT2D eigenvalue weighted by atomic mass is 10.2. The van der Waals surface area contributed by atoms with Crippen LogP contribution in [0.1, 0.15) is 16.8 Å². The molecule has 0 saturated carbocycles. The van der Waals surface area contributed by atoms with Crippen LogP contribution in [0.4, 0.5) is 15.9 Å². The summed E-state index contributed by atoms with van der Waals surface area (Å²) in [5.74, 6) is -0.512. The second kappa shape index (κ2) is 7.27. The molecular formula is C17H17FN4O3. The molecule has 0 amide bonds. The number of aliphatic hydroxyl groups is 1. The van der Waals surface area contributed by atoms with Crippen LogP contribution in [0.15, 0.2) is 36.7 Å². The van der Waals surface area contributed by atoms with E-state index in [9.17, 15) is 9.18 Å². The summed E-state index contributed by atoms with van der Waals surface area (Å²) >= 11 is 0. The molecule has 1 aromatic carbocycles. The molecule has 0 fully saturated rings. The number of carbonyl (C=O) groups excluding carboxylic acids is 1. The van der Waals surface area contributed by atoms with Gasteiger partial charge in [-0.3, -0.25) is 9.67 Å². The Balaban J connectivity index is 2.05. The number of hydrogen-bond donors (Lipinski definition) is 2. The molecule has 0 aliphatic heterocycles. The molecule has 0 aliphatic carbocycles. The molecule has 130 valence electrons. The number of anilines is 2. The standard InChI is InChI=1S/C17H17FN4O3/c1-25-17(24)12-5-6-19-10-14(12)20-16-13-9-11(18)3-4-15(13)22(21-16)7-2-8-23/h3-6,9-10,23H,2,7-8H2,1H3,(H,20,21). The predicted octanol–water partition coefficient (Wildman–Crippen LogP) is 2.48. The first-order chi connectivity index (χ1) is 12.1. The van der Waals surface area contributed by atoms with Gasteiger partial charge in [-0.25, -0.2) is 9.18 Å². The molecule has 0 bridgehead atoms. The summed E-state index contributed by atoms with van der Waals surface area (Å²) in [4.78, 5) is 15.9. The number of aromatic nitrogens is 3. The number of nitrogens with one attached hydrogen (secondary N) is 1. The van der Waals surface area contributed by atoms with E-state index in [2.05, 4.69) is 15.4 Å². The zero-order valence-corrected chi connectivity index (χ0v) is 13.6. The summed E-state index contributed by atoms with van der Waals surface area (Å²) in [5.41, 5.74) is 1.43. The first-order valence-electron chi connectivity index (χ1n) is 7.70. The highest BCUT2D eigenvalue weighted by Crippen LogP contribution is 2.28. The number of halogens is 1. The SMILES string of the molecule is COC(=O)c1ccncc1Nc1nn(CCCO)c2ccc(F)cc12. The molecule has 0 unspecified atom stereocenters. The topological polar surface area (TPSA) is 89.3 Å². The lowest BCUT2D eigenvalue weighted by Crippen LogP contribution is -2.07. The van der Waals surface area contributed by atoms with E-state index in [1.54, 1.807) is 10.7 Å². The summed E-state index contributed by atoms with van der Waals surface area (Å²) in [7, 11) is 1.29. The molecule has 0 saturated heterocycles. The van der Waals surface area contributed by atoms with Gasteiger partial charge in [0, 0.05) is 24.7 Å². The quantitative estimate of drug-likeness (QED) is 0.668. The molecule has 2 heterocycles. The van der Waals surface area contributed by atoms with Crippen LogP contribution in [-0.4, -0.2) is 39.6 Å². The highest BCUT2D eigenvalue weighted by Gasteiger charge is 2.16. The van der Waals surface area contributed by atoms with Crippen LogP contribution in [0.25, 0.3) is 10.9 Å². The van der Waals surface area contributed by atoms with Gasteiger partial charge in [-0.15, -0.1) is 0 Å². The maximum absolute atomic E-state index is 13.7. The molecule has 25 heavy (non-hydrogen) atoms. The number of pyridine rings is 1. The van der Waals surface area contributed by atoms with Crippen LogP contribution in [0, 0.1) is 5.82 Å². The number of benzene rings is 1. The summed E-state index contributed by atoms with van der Waals surface area (Å²) in [6.45, 7) is 0.512. The minimum absolute atomic E-state index is 0.0282. The van der Waals surface area contributed by atoms with E-state index in [0.29, 0.717) is 35.4 Å². The fraction of sp³-hybridized carbons (Fsp3) is 0.235. The largest absolute Gasteiger partial charge is 0.465 e.